The minimum Gasteiger partial charge on any atom is -0.507 e. The monoisotopic (exact) mass is 418 g/mol. The number of hydrogen-bond donors (Lipinski definition) is 4. The highest BCUT2D eigenvalue weighted by Crippen LogP contribution is 2.33. The van der Waals surface area contributed by atoms with E-state index in [1.54, 1.807) is 0 Å². The SMILES string of the molecule is CNC(=O)c1cc(F)cc(NS(=O)(=O)c2cc(Br)ccc2O)c1O. The van der Waals surface area contributed by atoms with Crippen LogP contribution in [0.25, 0.3) is 0 Å². The van der Waals surface area contributed by atoms with Crippen molar-refractivity contribution in [2.45, 2.75) is 4.90 Å². The lowest BCUT2D eigenvalue weighted by atomic mass is 10.1. The molecule has 0 fully saturated rings. The van der Waals surface area contributed by atoms with E-state index in [2.05, 4.69) is 21.2 Å². The fourth-order valence-electron chi connectivity index (χ4n) is 1.89. The van der Waals surface area contributed by atoms with Gasteiger partial charge in [-0.05, 0) is 24.3 Å². The van der Waals surface area contributed by atoms with Gasteiger partial charge < -0.3 is 15.5 Å². The molecule has 10 heteroatoms. The molecule has 0 atom stereocenters. The smallest absolute Gasteiger partial charge is 0.265 e. The summed E-state index contributed by atoms with van der Waals surface area (Å²) in [5.41, 5.74) is -0.971. The van der Waals surface area contributed by atoms with Crippen LogP contribution in [0, 0.1) is 5.82 Å². The normalized spacial score (nSPS) is 11.1. The Kier molecular flexibility index (Phi) is 4.99. The third kappa shape index (κ3) is 3.60. The molecule has 4 N–H and O–H groups in total. The maximum atomic E-state index is 13.6. The molecule has 0 radical (unpaired) electrons. The van der Waals surface area contributed by atoms with Gasteiger partial charge in [0.15, 0.2) is 5.75 Å². The Morgan fingerprint density at radius 1 is 1.21 bits per heavy atom. The van der Waals surface area contributed by atoms with Gasteiger partial charge in [-0.3, -0.25) is 9.52 Å². The number of phenolic OH excluding ortho intramolecular Hbond substituents is 2. The zero-order valence-electron chi connectivity index (χ0n) is 12.2. The Labute approximate surface area is 145 Å². The molecule has 2 aromatic carbocycles. The minimum absolute atomic E-state index is 0.384. The molecule has 0 saturated heterocycles. The van der Waals surface area contributed by atoms with E-state index in [1.165, 1.54) is 13.1 Å². The first-order valence-electron chi connectivity index (χ1n) is 6.41. The van der Waals surface area contributed by atoms with Crippen LogP contribution in [0.15, 0.2) is 39.7 Å². The standard InChI is InChI=1S/C14H12BrFN2O5S/c1-17-14(21)9-5-8(16)6-10(13(9)20)18-24(22,23)12-4-7(15)2-3-11(12)19/h2-6,18-20H,1H3,(H,17,21). The Balaban J connectivity index is 2.52. The van der Waals surface area contributed by atoms with Gasteiger partial charge in [-0.15, -0.1) is 0 Å². The third-order valence-corrected chi connectivity index (χ3v) is 4.89. The van der Waals surface area contributed by atoms with E-state index in [9.17, 15) is 27.8 Å². The minimum atomic E-state index is -4.34. The van der Waals surface area contributed by atoms with Gasteiger partial charge in [-0.25, -0.2) is 12.8 Å². The Hall–Kier alpha value is -2.33. The highest BCUT2D eigenvalue weighted by Gasteiger charge is 2.23. The second-order valence-corrected chi connectivity index (χ2v) is 7.21. The van der Waals surface area contributed by atoms with E-state index in [0.29, 0.717) is 10.5 Å². The Morgan fingerprint density at radius 3 is 2.50 bits per heavy atom. The first-order valence-corrected chi connectivity index (χ1v) is 8.69. The van der Waals surface area contributed by atoms with E-state index in [4.69, 9.17) is 0 Å². The van der Waals surface area contributed by atoms with Crippen molar-refractivity contribution in [3.8, 4) is 11.5 Å². The number of nitrogens with one attached hydrogen (secondary N) is 2. The van der Waals surface area contributed by atoms with Gasteiger partial charge >= 0.3 is 0 Å². The van der Waals surface area contributed by atoms with E-state index in [1.807, 2.05) is 4.72 Å². The molecule has 128 valence electrons. The quantitative estimate of drug-likeness (QED) is 0.567. The second kappa shape index (κ2) is 6.65. The van der Waals surface area contributed by atoms with Gasteiger partial charge in [0.25, 0.3) is 15.9 Å². The van der Waals surface area contributed by atoms with Crippen LogP contribution in [0.4, 0.5) is 10.1 Å². The fourth-order valence-corrected chi connectivity index (χ4v) is 3.58. The fraction of sp³-hybridized carbons (Fsp3) is 0.0714. The molecular weight excluding hydrogens is 407 g/mol. The van der Waals surface area contributed by atoms with Crippen LogP contribution in [0.1, 0.15) is 10.4 Å². The average molecular weight is 419 g/mol. The zero-order valence-corrected chi connectivity index (χ0v) is 14.6. The molecule has 0 bridgehead atoms. The molecule has 0 aliphatic heterocycles. The van der Waals surface area contributed by atoms with Gasteiger partial charge in [0.1, 0.15) is 16.5 Å². The third-order valence-electron chi connectivity index (χ3n) is 3.00. The number of phenols is 2. The molecular formula is C14H12BrFN2O5S. The van der Waals surface area contributed by atoms with Crippen molar-refractivity contribution in [2.24, 2.45) is 0 Å². The number of carbonyl (C=O) groups is 1. The number of anilines is 1. The Morgan fingerprint density at radius 2 is 1.88 bits per heavy atom. The highest BCUT2D eigenvalue weighted by molar-refractivity contribution is 9.10. The van der Waals surface area contributed by atoms with Crippen LogP contribution in [0.2, 0.25) is 0 Å². The maximum Gasteiger partial charge on any atom is 0.265 e. The predicted molar refractivity (Wildman–Crippen MR) is 88.1 cm³/mol. The lowest BCUT2D eigenvalue weighted by molar-refractivity contribution is 0.0960. The number of sulfonamides is 1. The molecule has 0 saturated carbocycles. The summed E-state index contributed by atoms with van der Waals surface area (Å²) in [6.45, 7) is 0. The van der Waals surface area contributed by atoms with Crippen molar-refractivity contribution in [2.75, 3.05) is 11.8 Å². The zero-order chi connectivity index (χ0) is 18.1. The van der Waals surface area contributed by atoms with E-state index in [0.717, 1.165) is 18.2 Å². The Bertz CT molecular complexity index is 918. The summed E-state index contributed by atoms with van der Waals surface area (Å²) in [6.07, 6.45) is 0. The van der Waals surface area contributed by atoms with Crippen LogP contribution >= 0.6 is 15.9 Å². The molecule has 2 rings (SSSR count). The molecule has 2 aromatic rings. The van der Waals surface area contributed by atoms with Crippen LogP contribution < -0.4 is 10.0 Å². The molecule has 7 nitrogen and oxygen atoms in total. The summed E-state index contributed by atoms with van der Waals surface area (Å²) in [4.78, 5) is 11.1. The first-order chi connectivity index (χ1) is 11.2. The number of halogens is 2. The number of rotatable bonds is 4. The van der Waals surface area contributed by atoms with E-state index in [-0.39, 0.29) is 0 Å². The molecule has 0 heterocycles. The molecule has 0 unspecified atom stereocenters. The van der Waals surface area contributed by atoms with Gasteiger partial charge in [0, 0.05) is 17.6 Å². The van der Waals surface area contributed by atoms with Crippen molar-refractivity contribution in [1.82, 2.24) is 5.32 Å². The van der Waals surface area contributed by atoms with Crippen molar-refractivity contribution in [3.05, 3.63) is 46.2 Å². The van der Waals surface area contributed by atoms with Crippen LogP contribution in [-0.2, 0) is 10.0 Å². The molecule has 24 heavy (non-hydrogen) atoms. The lowest BCUT2D eigenvalue weighted by Gasteiger charge is -2.13. The lowest BCUT2D eigenvalue weighted by Crippen LogP contribution is -2.19. The van der Waals surface area contributed by atoms with Crippen molar-refractivity contribution in [3.63, 3.8) is 0 Å². The van der Waals surface area contributed by atoms with E-state index < -0.39 is 49.4 Å². The number of benzene rings is 2. The molecule has 0 aliphatic rings. The first kappa shape index (κ1) is 18.0. The topological polar surface area (TPSA) is 116 Å². The maximum absolute atomic E-state index is 13.6. The summed E-state index contributed by atoms with van der Waals surface area (Å²) in [5, 5.41) is 21.9. The van der Waals surface area contributed by atoms with Crippen LogP contribution in [-0.4, -0.2) is 31.6 Å². The summed E-state index contributed by atoms with van der Waals surface area (Å²) in [6, 6.07) is 5.20. The number of hydrogen-bond acceptors (Lipinski definition) is 5. The highest BCUT2D eigenvalue weighted by atomic mass is 79.9. The number of aromatic hydroxyl groups is 2. The number of amides is 1. The molecule has 1 amide bonds. The predicted octanol–water partition coefficient (Wildman–Crippen LogP) is 2.16. The summed E-state index contributed by atoms with van der Waals surface area (Å²) < 4.78 is 40.7. The van der Waals surface area contributed by atoms with Crippen LogP contribution in [0.5, 0.6) is 11.5 Å². The second-order valence-electron chi connectivity index (χ2n) is 4.65. The molecule has 0 aromatic heterocycles. The van der Waals surface area contributed by atoms with Crippen LogP contribution in [0.3, 0.4) is 0 Å². The van der Waals surface area contributed by atoms with Gasteiger partial charge in [0.2, 0.25) is 0 Å². The average Bonchev–Trinajstić information content (AvgIpc) is 2.51. The molecule has 0 spiro atoms. The van der Waals surface area contributed by atoms with Gasteiger partial charge in [-0.1, -0.05) is 15.9 Å². The van der Waals surface area contributed by atoms with Crippen molar-refractivity contribution >= 4 is 37.5 Å². The van der Waals surface area contributed by atoms with Gasteiger partial charge in [0.05, 0.1) is 11.3 Å². The summed E-state index contributed by atoms with van der Waals surface area (Å²) in [5.74, 6) is -3.00. The molecule has 0 aliphatic carbocycles. The largest absolute Gasteiger partial charge is 0.507 e. The van der Waals surface area contributed by atoms with Crippen molar-refractivity contribution in [1.29, 1.82) is 0 Å². The van der Waals surface area contributed by atoms with Gasteiger partial charge in [-0.2, -0.15) is 0 Å². The van der Waals surface area contributed by atoms with E-state index >= 15 is 0 Å². The van der Waals surface area contributed by atoms with Crippen molar-refractivity contribution < 1.29 is 27.8 Å². The number of carbonyl (C=O) groups excluding carboxylic acids is 1. The summed E-state index contributed by atoms with van der Waals surface area (Å²) >= 11 is 3.07. The summed E-state index contributed by atoms with van der Waals surface area (Å²) in [7, 11) is -3.07.